The van der Waals surface area contributed by atoms with Crippen molar-refractivity contribution in [1.82, 2.24) is 0 Å². The van der Waals surface area contributed by atoms with E-state index in [4.69, 9.17) is 18.9 Å². The zero-order chi connectivity index (χ0) is 16.3. The molecule has 23 heavy (non-hydrogen) atoms. The highest BCUT2D eigenvalue weighted by Crippen LogP contribution is 2.50. The van der Waals surface area contributed by atoms with Crippen molar-refractivity contribution >= 4 is 0 Å². The molecule has 4 unspecified atom stereocenters. The second-order valence-corrected chi connectivity index (χ2v) is 7.14. The van der Waals surface area contributed by atoms with Gasteiger partial charge < -0.3 is 18.9 Å². The first-order valence-corrected chi connectivity index (χ1v) is 9.62. The van der Waals surface area contributed by atoms with Crippen molar-refractivity contribution in [3.63, 3.8) is 0 Å². The standard InChI is InChI=1S/C19H36O4/c1-3-4-5-6-7-10-23-19-17-9-8-16(13-17)18(19)14-22-15-21-12-11-20-2/h16-19H,3-15H2,1-2H3. The van der Waals surface area contributed by atoms with E-state index in [1.54, 1.807) is 7.11 Å². The van der Waals surface area contributed by atoms with Crippen LogP contribution >= 0.6 is 0 Å². The average molecular weight is 328 g/mol. The van der Waals surface area contributed by atoms with Crippen molar-refractivity contribution in [2.24, 2.45) is 17.8 Å². The first-order chi connectivity index (χ1) is 11.4. The third-order valence-electron chi connectivity index (χ3n) is 5.47. The molecule has 0 radical (unpaired) electrons. The molecule has 4 atom stereocenters. The fourth-order valence-electron chi connectivity index (χ4n) is 4.22. The van der Waals surface area contributed by atoms with Gasteiger partial charge in [0.2, 0.25) is 0 Å². The first kappa shape index (κ1) is 19.2. The number of hydrogen-bond donors (Lipinski definition) is 0. The van der Waals surface area contributed by atoms with Crippen molar-refractivity contribution in [1.29, 1.82) is 0 Å². The van der Waals surface area contributed by atoms with Gasteiger partial charge in [0.25, 0.3) is 0 Å². The number of rotatable bonds is 14. The van der Waals surface area contributed by atoms with Crippen molar-refractivity contribution in [2.75, 3.05) is 40.3 Å². The number of hydrogen-bond acceptors (Lipinski definition) is 4. The van der Waals surface area contributed by atoms with Gasteiger partial charge in [-0.2, -0.15) is 0 Å². The van der Waals surface area contributed by atoms with Crippen LogP contribution in [0.2, 0.25) is 0 Å². The zero-order valence-electron chi connectivity index (χ0n) is 15.1. The van der Waals surface area contributed by atoms with Crippen molar-refractivity contribution in [3.8, 4) is 0 Å². The maximum Gasteiger partial charge on any atom is 0.146 e. The SMILES string of the molecule is CCCCCCCOC1C2CCC(C2)C1COCOCCOC. The van der Waals surface area contributed by atoms with Crippen LogP contribution in [-0.4, -0.2) is 46.4 Å². The van der Waals surface area contributed by atoms with E-state index >= 15 is 0 Å². The molecular weight excluding hydrogens is 292 g/mol. The summed E-state index contributed by atoms with van der Waals surface area (Å²) < 4.78 is 22.4. The molecule has 2 rings (SSSR count). The Bertz CT molecular complexity index is 269. The predicted octanol–water partition coefficient (Wildman–Crippen LogP) is 4.03. The summed E-state index contributed by atoms with van der Waals surface area (Å²) in [6.45, 7) is 5.58. The second-order valence-electron chi connectivity index (χ2n) is 7.14. The van der Waals surface area contributed by atoms with Crippen LogP contribution in [0.3, 0.4) is 0 Å². The molecule has 0 aromatic rings. The Morgan fingerprint density at radius 3 is 2.52 bits per heavy atom. The molecular formula is C19H36O4. The summed E-state index contributed by atoms with van der Waals surface area (Å²) in [7, 11) is 1.68. The second kappa shape index (κ2) is 11.4. The molecule has 0 spiro atoms. The number of ether oxygens (including phenoxy) is 4. The normalized spacial score (nSPS) is 29.5. The summed E-state index contributed by atoms with van der Waals surface area (Å²) in [4.78, 5) is 0. The van der Waals surface area contributed by atoms with E-state index < -0.39 is 0 Å². The lowest BCUT2D eigenvalue weighted by atomic mass is 9.87. The summed E-state index contributed by atoms with van der Waals surface area (Å²) in [5.41, 5.74) is 0. The van der Waals surface area contributed by atoms with E-state index in [0.29, 0.717) is 32.0 Å². The zero-order valence-corrected chi connectivity index (χ0v) is 15.1. The predicted molar refractivity (Wildman–Crippen MR) is 91.5 cm³/mol. The Morgan fingerprint density at radius 2 is 1.70 bits per heavy atom. The lowest BCUT2D eigenvalue weighted by Crippen LogP contribution is -2.34. The Morgan fingerprint density at radius 1 is 0.870 bits per heavy atom. The molecule has 136 valence electrons. The minimum Gasteiger partial charge on any atom is -0.382 e. The monoisotopic (exact) mass is 328 g/mol. The molecule has 4 nitrogen and oxygen atoms in total. The Hall–Kier alpha value is -0.160. The molecule has 0 aliphatic heterocycles. The summed E-state index contributed by atoms with van der Waals surface area (Å²) in [5, 5.41) is 0. The number of fused-ring (bicyclic) bond motifs is 2. The van der Waals surface area contributed by atoms with Gasteiger partial charge in [0, 0.05) is 19.6 Å². The molecule has 2 aliphatic carbocycles. The van der Waals surface area contributed by atoms with Crippen LogP contribution in [0.5, 0.6) is 0 Å². The summed E-state index contributed by atoms with van der Waals surface area (Å²) in [5.74, 6) is 2.16. The van der Waals surface area contributed by atoms with Crippen LogP contribution in [0.15, 0.2) is 0 Å². The minimum absolute atomic E-state index is 0.376. The Labute approximate surface area is 142 Å². The molecule has 0 N–H and O–H groups in total. The number of unbranched alkanes of at least 4 members (excludes halogenated alkanes) is 4. The first-order valence-electron chi connectivity index (χ1n) is 9.62. The number of methoxy groups -OCH3 is 1. The molecule has 0 aromatic heterocycles. The Kier molecular flexibility index (Phi) is 9.50. The van der Waals surface area contributed by atoms with Crippen molar-refractivity contribution in [2.45, 2.75) is 64.4 Å². The minimum atomic E-state index is 0.376. The highest BCUT2D eigenvalue weighted by atomic mass is 16.7. The maximum absolute atomic E-state index is 6.28. The van der Waals surface area contributed by atoms with Gasteiger partial charge in [-0.3, -0.25) is 0 Å². The van der Waals surface area contributed by atoms with Crippen LogP contribution in [0.1, 0.15) is 58.3 Å². The molecule has 2 aliphatic rings. The van der Waals surface area contributed by atoms with E-state index in [-0.39, 0.29) is 0 Å². The van der Waals surface area contributed by atoms with Gasteiger partial charge >= 0.3 is 0 Å². The van der Waals surface area contributed by atoms with E-state index in [0.717, 1.165) is 25.0 Å². The van der Waals surface area contributed by atoms with Crippen LogP contribution in [0, 0.1) is 17.8 Å². The van der Waals surface area contributed by atoms with Crippen molar-refractivity contribution in [3.05, 3.63) is 0 Å². The molecule has 4 heteroatoms. The van der Waals surface area contributed by atoms with Gasteiger partial charge in [0.1, 0.15) is 6.79 Å². The van der Waals surface area contributed by atoms with Crippen molar-refractivity contribution < 1.29 is 18.9 Å². The molecule has 2 saturated carbocycles. The fourth-order valence-corrected chi connectivity index (χ4v) is 4.22. The summed E-state index contributed by atoms with van der Waals surface area (Å²) in [6.07, 6.45) is 11.0. The third-order valence-corrected chi connectivity index (χ3v) is 5.47. The molecule has 0 amide bonds. The van der Waals surface area contributed by atoms with Crippen LogP contribution in [0.25, 0.3) is 0 Å². The largest absolute Gasteiger partial charge is 0.382 e. The topological polar surface area (TPSA) is 36.9 Å². The average Bonchev–Trinajstić information content (AvgIpc) is 3.16. The quantitative estimate of drug-likeness (QED) is 0.356. The summed E-state index contributed by atoms with van der Waals surface area (Å²) in [6, 6.07) is 0. The molecule has 0 heterocycles. The smallest absolute Gasteiger partial charge is 0.146 e. The summed E-state index contributed by atoms with van der Waals surface area (Å²) >= 11 is 0. The molecule has 2 bridgehead atoms. The molecule has 0 saturated heterocycles. The molecule has 2 fully saturated rings. The molecule has 0 aromatic carbocycles. The van der Waals surface area contributed by atoms with Gasteiger partial charge in [-0.25, -0.2) is 0 Å². The van der Waals surface area contributed by atoms with Crippen LogP contribution in [-0.2, 0) is 18.9 Å². The lowest BCUT2D eigenvalue weighted by Gasteiger charge is -2.31. The fraction of sp³-hybridized carbons (Fsp3) is 1.00. The van der Waals surface area contributed by atoms with Crippen LogP contribution < -0.4 is 0 Å². The maximum atomic E-state index is 6.28. The van der Waals surface area contributed by atoms with Gasteiger partial charge in [-0.05, 0) is 37.5 Å². The van der Waals surface area contributed by atoms with E-state index in [1.807, 2.05) is 0 Å². The van der Waals surface area contributed by atoms with Crippen LogP contribution in [0.4, 0.5) is 0 Å². The highest BCUT2D eigenvalue weighted by Gasteiger charge is 2.48. The lowest BCUT2D eigenvalue weighted by molar-refractivity contribution is -0.103. The van der Waals surface area contributed by atoms with E-state index in [2.05, 4.69) is 6.92 Å². The third kappa shape index (κ3) is 6.33. The van der Waals surface area contributed by atoms with E-state index in [9.17, 15) is 0 Å². The van der Waals surface area contributed by atoms with Gasteiger partial charge in [-0.15, -0.1) is 0 Å². The van der Waals surface area contributed by atoms with E-state index in [1.165, 1.54) is 51.4 Å². The van der Waals surface area contributed by atoms with Gasteiger partial charge in [0.05, 0.1) is 25.9 Å². The highest BCUT2D eigenvalue weighted by molar-refractivity contribution is 4.97. The van der Waals surface area contributed by atoms with Gasteiger partial charge in [0.15, 0.2) is 0 Å². The van der Waals surface area contributed by atoms with Gasteiger partial charge in [-0.1, -0.05) is 32.6 Å². The Balaban J connectivity index is 1.60.